The maximum Gasteiger partial charge on any atom is 0.329 e. The summed E-state index contributed by atoms with van der Waals surface area (Å²) in [5.74, 6) is -2.77. The van der Waals surface area contributed by atoms with E-state index in [0.29, 0.717) is 63.0 Å². The summed E-state index contributed by atoms with van der Waals surface area (Å²) < 4.78 is 38.5. The fraction of sp³-hybridized carbons (Fsp3) is 0.432. The molecular weight excluding hydrogens is 622 g/mol. The lowest BCUT2D eigenvalue weighted by atomic mass is 9.78. The molecule has 2 saturated heterocycles. The lowest BCUT2D eigenvalue weighted by molar-refractivity contribution is -0.212. The molecule has 3 fully saturated rings. The molecule has 3 N–H and O–H groups in total. The third-order valence-electron chi connectivity index (χ3n) is 10.0. The van der Waals surface area contributed by atoms with Crippen molar-refractivity contribution in [3.63, 3.8) is 0 Å². The number of carboxylic acid groups (broad SMARTS) is 1. The lowest BCUT2D eigenvalue weighted by Gasteiger charge is -2.48. The van der Waals surface area contributed by atoms with E-state index in [4.69, 9.17) is 9.47 Å². The van der Waals surface area contributed by atoms with Crippen LogP contribution in [-0.4, -0.2) is 59.0 Å². The number of halogens is 2. The molecule has 0 bridgehead atoms. The van der Waals surface area contributed by atoms with Gasteiger partial charge in [-0.25, -0.2) is 13.6 Å². The number of aliphatic hydroxyl groups excluding tert-OH is 1. The van der Waals surface area contributed by atoms with Gasteiger partial charge in [0, 0.05) is 5.69 Å². The molecule has 3 aliphatic rings. The summed E-state index contributed by atoms with van der Waals surface area (Å²) in [6, 6.07) is 19.1. The first-order valence-corrected chi connectivity index (χ1v) is 16.5. The van der Waals surface area contributed by atoms with E-state index < -0.39 is 40.9 Å². The number of carbonyl (C=O) groups excluding carboxylic acids is 2. The van der Waals surface area contributed by atoms with Crippen molar-refractivity contribution in [2.45, 2.75) is 74.7 Å². The van der Waals surface area contributed by atoms with Crippen molar-refractivity contribution in [3.8, 4) is 0 Å². The molecule has 2 heterocycles. The first kappa shape index (κ1) is 33.7. The van der Waals surface area contributed by atoms with Crippen molar-refractivity contribution in [2.75, 3.05) is 24.7 Å². The Bertz CT molecular complexity index is 1600. The Morgan fingerprint density at radius 3 is 2.17 bits per heavy atom. The maximum absolute atomic E-state index is 13.7. The van der Waals surface area contributed by atoms with Crippen LogP contribution >= 0.6 is 0 Å². The third kappa shape index (κ3) is 7.13. The molecule has 11 heteroatoms. The Kier molecular flexibility index (Phi) is 9.91. The number of hydrogen-bond donors (Lipinski definition) is 3. The summed E-state index contributed by atoms with van der Waals surface area (Å²) in [5, 5.41) is 23.1. The van der Waals surface area contributed by atoms with Crippen LogP contribution in [0.1, 0.15) is 73.8 Å². The molecule has 48 heavy (non-hydrogen) atoms. The monoisotopic (exact) mass is 662 g/mol. The molecule has 0 aromatic heterocycles. The summed E-state index contributed by atoms with van der Waals surface area (Å²) in [6.07, 6.45) is 3.44. The SMILES string of the molecule is O=C(COC1(CCc2ccc([C@@H]3C(CC[C@H](O)c4ccc(F)cc4)C(=O)N3c3ccc(F)cc3)cc2)COC1)NC1(C(=O)O)CCCC1. The van der Waals surface area contributed by atoms with Gasteiger partial charge in [-0.05, 0) is 91.6 Å². The maximum atomic E-state index is 13.7. The first-order chi connectivity index (χ1) is 23.1. The van der Waals surface area contributed by atoms with Crippen LogP contribution in [0.5, 0.6) is 0 Å². The normalized spacial score (nSPS) is 21.6. The predicted molar refractivity (Wildman–Crippen MR) is 172 cm³/mol. The van der Waals surface area contributed by atoms with Gasteiger partial charge in [0.05, 0.1) is 31.3 Å². The smallest absolute Gasteiger partial charge is 0.329 e. The highest BCUT2D eigenvalue weighted by Crippen LogP contribution is 2.46. The van der Waals surface area contributed by atoms with Crippen LogP contribution in [0, 0.1) is 17.6 Å². The number of nitrogens with one attached hydrogen (secondary N) is 1. The van der Waals surface area contributed by atoms with Gasteiger partial charge in [-0.2, -0.15) is 0 Å². The Balaban J connectivity index is 1.09. The first-order valence-electron chi connectivity index (χ1n) is 16.5. The van der Waals surface area contributed by atoms with Gasteiger partial charge < -0.3 is 29.9 Å². The highest BCUT2D eigenvalue weighted by molar-refractivity contribution is 6.03. The second-order valence-electron chi connectivity index (χ2n) is 13.2. The molecule has 2 aliphatic heterocycles. The molecule has 9 nitrogen and oxygen atoms in total. The number of nitrogens with zero attached hydrogens (tertiary/aromatic N) is 1. The van der Waals surface area contributed by atoms with Gasteiger partial charge in [0.25, 0.3) is 0 Å². The van der Waals surface area contributed by atoms with Crippen LogP contribution in [0.4, 0.5) is 14.5 Å². The zero-order valence-electron chi connectivity index (χ0n) is 26.6. The van der Waals surface area contributed by atoms with Crippen LogP contribution in [-0.2, 0) is 30.3 Å². The second-order valence-corrected chi connectivity index (χ2v) is 13.2. The van der Waals surface area contributed by atoms with Gasteiger partial charge in [0.2, 0.25) is 11.8 Å². The Labute approximate surface area is 277 Å². The number of amides is 2. The van der Waals surface area contributed by atoms with Crippen LogP contribution < -0.4 is 10.2 Å². The van der Waals surface area contributed by atoms with Crippen molar-refractivity contribution in [3.05, 3.63) is 101 Å². The van der Waals surface area contributed by atoms with Gasteiger partial charge >= 0.3 is 5.97 Å². The predicted octanol–water partition coefficient (Wildman–Crippen LogP) is 5.41. The number of hydrogen-bond acceptors (Lipinski definition) is 6. The van der Waals surface area contributed by atoms with E-state index in [2.05, 4.69) is 5.32 Å². The standard InChI is InChI=1S/C37H40F2N2O7/c38-27-9-7-25(8-10-27)31(42)16-15-30-33(41(34(30)44)29-13-11-28(39)12-14-29)26-5-3-24(4-6-26)17-20-36(22-47-23-36)48-21-32(43)40-37(35(45)46)18-1-2-19-37/h3-14,30-31,33,42H,1-2,15-23H2,(H,40,43)(H,45,46)/t30?,31-,33+/m0/s1. The molecule has 0 radical (unpaired) electrons. The minimum Gasteiger partial charge on any atom is -0.480 e. The quantitative estimate of drug-likeness (QED) is 0.197. The van der Waals surface area contributed by atoms with Gasteiger partial charge in [0.15, 0.2) is 0 Å². The zero-order valence-corrected chi connectivity index (χ0v) is 26.6. The molecule has 3 aromatic carbocycles. The van der Waals surface area contributed by atoms with E-state index in [0.717, 1.165) is 24.0 Å². The summed E-state index contributed by atoms with van der Waals surface area (Å²) in [6.45, 7) is 0.429. The number of aliphatic carboxylic acids is 1. The lowest BCUT2D eigenvalue weighted by Crippen LogP contribution is -2.56. The van der Waals surface area contributed by atoms with Crippen molar-refractivity contribution >= 4 is 23.5 Å². The summed E-state index contributed by atoms with van der Waals surface area (Å²) in [4.78, 5) is 39.5. The fourth-order valence-electron chi connectivity index (χ4n) is 7.07. The molecule has 2 amide bonds. The van der Waals surface area contributed by atoms with E-state index in [9.17, 15) is 33.4 Å². The van der Waals surface area contributed by atoms with E-state index >= 15 is 0 Å². The number of benzene rings is 3. The average Bonchev–Trinajstić information content (AvgIpc) is 3.54. The van der Waals surface area contributed by atoms with Crippen molar-refractivity contribution in [2.24, 2.45) is 5.92 Å². The zero-order chi connectivity index (χ0) is 33.9. The number of anilines is 1. The van der Waals surface area contributed by atoms with E-state index in [1.807, 2.05) is 24.3 Å². The average molecular weight is 663 g/mol. The number of aliphatic hydroxyl groups is 1. The highest BCUT2D eigenvalue weighted by Gasteiger charge is 2.49. The third-order valence-corrected chi connectivity index (χ3v) is 10.0. The van der Waals surface area contributed by atoms with Crippen molar-refractivity contribution in [1.82, 2.24) is 5.32 Å². The number of carboxylic acids is 1. The van der Waals surface area contributed by atoms with Crippen LogP contribution in [0.25, 0.3) is 0 Å². The topological polar surface area (TPSA) is 125 Å². The highest BCUT2D eigenvalue weighted by atomic mass is 19.1. The van der Waals surface area contributed by atoms with Gasteiger partial charge in [-0.1, -0.05) is 49.2 Å². The molecule has 1 aliphatic carbocycles. The molecule has 3 atom stereocenters. The number of ether oxygens (including phenoxy) is 2. The molecule has 3 aromatic rings. The molecule has 1 unspecified atom stereocenters. The number of β-lactam (4-membered cyclic amide) rings is 1. The molecule has 0 spiro atoms. The second kappa shape index (κ2) is 14.1. The largest absolute Gasteiger partial charge is 0.480 e. The van der Waals surface area contributed by atoms with Gasteiger partial charge in [0.1, 0.15) is 29.4 Å². The molecule has 6 rings (SSSR count). The van der Waals surface area contributed by atoms with Gasteiger partial charge in [-0.3, -0.25) is 9.59 Å². The summed E-state index contributed by atoms with van der Waals surface area (Å²) in [5.41, 5.74) is 1.23. The molecule has 254 valence electrons. The number of carbonyl (C=O) groups is 3. The minimum absolute atomic E-state index is 0.114. The Morgan fingerprint density at radius 2 is 1.58 bits per heavy atom. The van der Waals surface area contributed by atoms with E-state index in [1.54, 1.807) is 17.0 Å². The molecule has 1 saturated carbocycles. The number of rotatable bonds is 14. The Hall–Kier alpha value is -4.19. The van der Waals surface area contributed by atoms with Crippen LogP contribution in [0.2, 0.25) is 0 Å². The fourth-order valence-corrected chi connectivity index (χ4v) is 7.07. The van der Waals surface area contributed by atoms with Crippen molar-refractivity contribution < 1.29 is 42.9 Å². The number of aryl methyl sites for hydroxylation is 1. The van der Waals surface area contributed by atoms with Crippen LogP contribution in [0.3, 0.4) is 0 Å². The van der Waals surface area contributed by atoms with Gasteiger partial charge in [-0.15, -0.1) is 0 Å². The van der Waals surface area contributed by atoms with Crippen LogP contribution in [0.15, 0.2) is 72.8 Å². The summed E-state index contributed by atoms with van der Waals surface area (Å²) in [7, 11) is 0. The minimum atomic E-state index is -1.22. The molecular formula is C37H40F2N2O7. The van der Waals surface area contributed by atoms with E-state index in [1.165, 1.54) is 36.4 Å². The van der Waals surface area contributed by atoms with Crippen molar-refractivity contribution in [1.29, 1.82) is 0 Å². The summed E-state index contributed by atoms with van der Waals surface area (Å²) >= 11 is 0. The Morgan fingerprint density at radius 1 is 0.958 bits per heavy atom. The van der Waals surface area contributed by atoms with E-state index in [-0.39, 0.29) is 24.4 Å².